The predicted molar refractivity (Wildman–Crippen MR) is 82.3 cm³/mol. The second-order valence-electron chi connectivity index (χ2n) is 4.46. The molecule has 0 spiro atoms. The largest absolute Gasteiger partial charge is 0.481 e. The summed E-state index contributed by atoms with van der Waals surface area (Å²) in [7, 11) is 1.58. The van der Waals surface area contributed by atoms with E-state index in [2.05, 4.69) is 25.9 Å². The number of ether oxygens (including phenoxy) is 1. The number of aryl methyl sites for hydroxylation is 1. The average Bonchev–Trinajstić information content (AvgIpc) is 2.74. The minimum atomic E-state index is 0.394. The van der Waals surface area contributed by atoms with Crippen LogP contribution in [0.3, 0.4) is 0 Å². The van der Waals surface area contributed by atoms with E-state index in [0.717, 1.165) is 21.2 Å². The normalized spacial score (nSPS) is 10.9. The number of halogens is 1. The van der Waals surface area contributed by atoms with Crippen LogP contribution in [0.1, 0.15) is 5.56 Å². The van der Waals surface area contributed by atoms with Crippen molar-refractivity contribution >= 4 is 33.0 Å². The summed E-state index contributed by atoms with van der Waals surface area (Å²) in [6.07, 6.45) is 0. The van der Waals surface area contributed by atoms with Gasteiger partial charge in [-0.2, -0.15) is 4.98 Å². The summed E-state index contributed by atoms with van der Waals surface area (Å²) < 4.78 is 7.91. The van der Waals surface area contributed by atoms with Crippen molar-refractivity contribution in [2.45, 2.75) is 6.92 Å². The molecule has 6 heteroatoms. The monoisotopic (exact) mass is 332 g/mol. The van der Waals surface area contributed by atoms with E-state index in [1.54, 1.807) is 17.7 Å². The smallest absolute Gasteiger partial charge is 0.215 e. The Hall–Kier alpha value is -2.08. The fraction of sp³-hybridized carbons (Fsp3) is 0.143. The lowest BCUT2D eigenvalue weighted by Gasteiger charge is -2.09. The lowest BCUT2D eigenvalue weighted by Crippen LogP contribution is -2.02. The molecule has 102 valence electrons. The number of nitrogens with two attached hydrogens (primary N) is 1. The number of benzene rings is 1. The molecule has 5 nitrogen and oxygen atoms in total. The highest BCUT2D eigenvalue weighted by Gasteiger charge is 2.14. The van der Waals surface area contributed by atoms with E-state index < -0.39 is 0 Å². The number of fused-ring (bicyclic) bond motifs is 1. The van der Waals surface area contributed by atoms with Crippen LogP contribution in [0.4, 0.5) is 5.95 Å². The van der Waals surface area contributed by atoms with E-state index in [-0.39, 0.29) is 0 Å². The molecule has 0 aliphatic carbocycles. The fourth-order valence-electron chi connectivity index (χ4n) is 2.10. The van der Waals surface area contributed by atoms with E-state index >= 15 is 0 Å². The number of aromatic nitrogens is 3. The first kappa shape index (κ1) is 12.9. The third-order valence-corrected chi connectivity index (χ3v) is 3.69. The Morgan fingerprint density at radius 1 is 1.20 bits per heavy atom. The number of pyridine rings is 1. The number of rotatable bonds is 2. The van der Waals surface area contributed by atoms with Crippen molar-refractivity contribution in [3.05, 3.63) is 40.4 Å². The van der Waals surface area contributed by atoms with Gasteiger partial charge in [0.05, 0.1) is 12.8 Å². The van der Waals surface area contributed by atoms with Gasteiger partial charge in [-0.3, -0.25) is 4.57 Å². The molecule has 0 amide bonds. The molecule has 0 aliphatic heterocycles. The van der Waals surface area contributed by atoms with Gasteiger partial charge in [0.25, 0.3) is 0 Å². The molecular formula is C14H13BrN4O. The summed E-state index contributed by atoms with van der Waals surface area (Å²) in [5, 5.41) is 0. The molecule has 0 bridgehead atoms. The van der Waals surface area contributed by atoms with Gasteiger partial charge in [0.2, 0.25) is 11.8 Å². The first-order valence-electron chi connectivity index (χ1n) is 6.05. The topological polar surface area (TPSA) is 66.0 Å². The molecule has 2 heterocycles. The Morgan fingerprint density at radius 2 is 2.00 bits per heavy atom. The van der Waals surface area contributed by atoms with Crippen LogP contribution in [0, 0.1) is 6.92 Å². The van der Waals surface area contributed by atoms with Crippen molar-refractivity contribution in [1.29, 1.82) is 0 Å². The first-order valence-corrected chi connectivity index (χ1v) is 6.85. The highest BCUT2D eigenvalue weighted by molar-refractivity contribution is 9.10. The van der Waals surface area contributed by atoms with Gasteiger partial charge < -0.3 is 10.5 Å². The molecule has 0 unspecified atom stereocenters. The Labute approximate surface area is 124 Å². The molecule has 20 heavy (non-hydrogen) atoms. The number of imidazole rings is 1. The first-order chi connectivity index (χ1) is 9.60. The second kappa shape index (κ2) is 4.79. The molecule has 0 aliphatic rings. The highest BCUT2D eigenvalue weighted by Crippen LogP contribution is 2.29. The van der Waals surface area contributed by atoms with Crippen LogP contribution in [0.5, 0.6) is 5.88 Å². The molecule has 0 saturated carbocycles. The summed E-state index contributed by atoms with van der Waals surface area (Å²) >= 11 is 3.56. The summed E-state index contributed by atoms with van der Waals surface area (Å²) in [5.41, 5.74) is 9.50. The van der Waals surface area contributed by atoms with Gasteiger partial charge in [0.1, 0.15) is 5.52 Å². The van der Waals surface area contributed by atoms with Crippen LogP contribution in [0.15, 0.2) is 34.8 Å². The molecular weight excluding hydrogens is 320 g/mol. The molecule has 2 aromatic heterocycles. The van der Waals surface area contributed by atoms with Crippen molar-refractivity contribution < 1.29 is 4.74 Å². The number of nitrogens with zero attached hydrogens (tertiary/aromatic N) is 3. The van der Waals surface area contributed by atoms with Crippen LogP contribution in [0.2, 0.25) is 0 Å². The second-order valence-corrected chi connectivity index (χ2v) is 5.31. The van der Waals surface area contributed by atoms with Gasteiger partial charge >= 0.3 is 0 Å². The van der Waals surface area contributed by atoms with E-state index in [1.165, 1.54) is 0 Å². The molecule has 0 atom stereocenters. The Morgan fingerprint density at radius 3 is 2.70 bits per heavy atom. The zero-order valence-electron chi connectivity index (χ0n) is 11.1. The molecule has 3 aromatic rings. The average molecular weight is 333 g/mol. The van der Waals surface area contributed by atoms with Crippen LogP contribution in [0.25, 0.3) is 16.9 Å². The quantitative estimate of drug-likeness (QED) is 0.783. The number of nitrogen functional groups attached to an aromatic ring is 1. The van der Waals surface area contributed by atoms with Crippen LogP contribution in [-0.2, 0) is 0 Å². The minimum Gasteiger partial charge on any atom is -0.481 e. The van der Waals surface area contributed by atoms with E-state index in [0.29, 0.717) is 17.5 Å². The number of hydrogen-bond donors (Lipinski definition) is 1. The summed E-state index contributed by atoms with van der Waals surface area (Å²) in [6, 6.07) is 9.64. The SMILES string of the molecule is COc1ccc2nc(N)n(-c3ccc(C)cc3Br)c2n1. The maximum Gasteiger partial charge on any atom is 0.215 e. The summed E-state index contributed by atoms with van der Waals surface area (Å²) in [6.45, 7) is 2.03. The predicted octanol–water partition coefficient (Wildman–Crippen LogP) is 3.08. The molecule has 0 fully saturated rings. The van der Waals surface area contributed by atoms with Gasteiger partial charge in [0.15, 0.2) is 5.65 Å². The van der Waals surface area contributed by atoms with Gasteiger partial charge in [-0.1, -0.05) is 6.07 Å². The van der Waals surface area contributed by atoms with Crippen LogP contribution >= 0.6 is 15.9 Å². The Balaban J connectivity index is 2.31. The lowest BCUT2D eigenvalue weighted by molar-refractivity contribution is 0.399. The number of methoxy groups -OCH3 is 1. The third kappa shape index (κ3) is 2.02. The molecule has 0 saturated heterocycles. The van der Waals surface area contributed by atoms with Gasteiger partial charge in [-0.25, -0.2) is 4.98 Å². The van der Waals surface area contributed by atoms with Crippen molar-refractivity contribution in [1.82, 2.24) is 14.5 Å². The van der Waals surface area contributed by atoms with Crippen molar-refractivity contribution in [2.75, 3.05) is 12.8 Å². The zero-order valence-corrected chi connectivity index (χ0v) is 12.7. The third-order valence-electron chi connectivity index (χ3n) is 3.06. The van der Waals surface area contributed by atoms with Gasteiger partial charge in [-0.15, -0.1) is 0 Å². The summed E-state index contributed by atoms with van der Waals surface area (Å²) in [5.74, 6) is 0.923. The van der Waals surface area contributed by atoms with E-state index in [9.17, 15) is 0 Å². The minimum absolute atomic E-state index is 0.394. The number of anilines is 1. The summed E-state index contributed by atoms with van der Waals surface area (Å²) in [4.78, 5) is 8.76. The lowest BCUT2D eigenvalue weighted by atomic mass is 10.2. The Bertz CT molecular complexity index is 797. The van der Waals surface area contributed by atoms with Crippen molar-refractivity contribution in [3.63, 3.8) is 0 Å². The molecule has 1 aromatic carbocycles. The molecule has 0 radical (unpaired) electrons. The zero-order chi connectivity index (χ0) is 14.3. The van der Waals surface area contributed by atoms with Crippen molar-refractivity contribution in [3.8, 4) is 11.6 Å². The maximum absolute atomic E-state index is 6.03. The van der Waals surface area contributed by atoms with Gasteiger partial charge in [-0.05, 0) is 46.6 Å². The number of hydrogen-bond acceptors (Lipinski definition) is 4. The standard InChI is InChI=1S/C14H13BrN4O/c1-8-3-5-11(9(15)7-8)19-13-10(17-14(19)16)4-6-12(18-13)20-2/h3-7H,1-2H3,(H2,16,17). The van der Waals surface area contributed by atoms with Gasteiger partial charge in [0, 0.05) is 10.5 Å². The molecule has 2 N–H and O–H groups in total. The maximum atomic E-state index is 6.03. The fourth-order valence-corrected chi connectivity index (χ4v) is 2.77. The van der Waals surface area contributed by atoms with E-state index in [4.69, 9.17) is 10.5 Å². The Kier molecular flexibility index (Phi) is 3.10. The van der Waals surface area contributed by atoms with Crippen molar-refractivity contribution in [2.24, 2.45) is 0 Å². The molecule has 3 rings (SSSR count). The van der Waals surface area contributed by atoms with Crippen LogP contribution < -0.4 is 10.5 Å². The van der Waals surface area contributed by atoms with E-state index in [1.807, 2.05) is 31.2 Å². The highest BCUT2D eigenvalue weighted by atomic mass is 79.9. The van der Waals surface area contributed by atoms with Crippen LogP contribution in [-0.4, -0.2) is 21.6 Å².